The van der Waals surface area contributed by atoms with Crippen LogP contribution in [0.4, 0.5) is 26.0 Å². The fourth-order valence-electron chi connectivity index (χ4n) is 4.09. The van der Waals surface area contributed by atoms with Gasteiger partial charge in [-0.2, -0.15) is 0 Å². The summed E-state index contributed by atoms with van der Waals surface area (Å²) in [6.07, 6.45) is 4.67. The van der Waals surface area contributed by atoms with E-state index in [0.29, 0.717) is 27.8 Å². The van der Waals surface area contributed by atoms with Gasteiger partial charge in [-0.05, 0) is 30.7 Å². The number of fused-ring (bicyclic) bond motifs is 2. The Morgan fingerprint density at radius 1 is 1.21 bits per heavy atom. The highest BCUT2D eigenvalue weighted by molar-refractivity contribution is 7.92. The van der Waals surface area contributed by atoms with Gasteiger partial charge in [0.05, 0.1) is 29.9 Å². The summed E-state index contributed by atoms with van der Waals surface area (Å²) in [7, 11) is -1.96. The summed E-state index contributed by atoms with van der Waals surface area (Å²) < 4.78 is 56.6. The van der Waals surface area contributed by atoms with Crippen LogP contribution in [0.15, 0.2) is 47.7 Å². The number of rotatable bonds is 4. The molecular weight excluding hydrogens is 452 g/mol. The topological polar surface area (TPSA) is 100 Å². The van der Waals surface area contributed by atoms with Crippen molar-refractivity contribution in [3.05, 3.63) is 70.4 Å². The number of hydrogen-bond acceptors (Lipinski definition) is 5. The first-order valence-corrected chi connectivity index (χ1v) is 11.8. The minimum Gasteiger partial charge on any atom is -0.356 e. The van der Waals surface area contributed by atoms with Crippen molar-refractivity contribution < 1.29 is 17.2 Å². The zero-order valence-electron chi connectivity index (χ0n) is 17.7. The fourth-order valence-corrected chi connectivity index (χ4v) is 4.70. The number of H-pyrrole nitrogens is 1. The number of nitrogens with zero attached hydrogens (tertiary/aromatic N) is 3. The van der Waals surface area contributed by atoms with Gasteiger partial charge in [0.15, 0.2) is 0 Å². The Labute approximate surface area is 187 Å². The SMILES string of the molecule is CCS(=O)(=O)Nc1cnc2c(c1)-c1cn(C)c(=O)c3[nH]cc(c13)CN2c1ccc(F)cc1F. The van der Waals surface area contributed by atoms with Gasteiger partial charge in [0.25, 0.3) is 5.56 Å². The van der Waals surface area contributed by atoms with Crippen LogP contribution >= 0.6 is 0 Å². The van der Waals surface area contributed by atoms with Gasteiger partial charge in [0.2, 0.25) is 10.0 Å². The number of halogens is 2. The highest BCUT2D eigenvalue weighted by Gasteiger charge is 2.28. The summed E-state index contributed by atoms with van der Waals surface area (Å²) >= 11 is 0. The molecule has 0 saturated heterocycles. The van der Waals surface area contributed by atoms with Crippen LogP contribution in [0.25, 0.3) is 22.0 Å². The third-order valence-electron chi connectivity index (χ3n) is 5.68. The lowest BCUT2D eigenvalue weighted by Gasteiger charge is -2.25. The number of sulfonamides is 1. The average molecular weight is 471 g/mol. The molecule has 3 aromatic heterocycles. The number of pyridine rings is 2. The van der Waals surface area contributed by atoms with Crippen molar-refractivity contribution in [2.45, 2.75) is 13.5 Å². The van der Waals surface area contributed by atoms with Crippen LogP contribution in [0, 0.1) is 11.6 Å². The molecule has 11 heteroatoms. The largest absolute Gasteiger partial charge is 0.356 e. The van der Waals surface area contributed by atoms with Crippen molar-refractivity contribution >= 4 is 38.1 Å². The molecule has 0 aliphatic carbocycles. The third-order valence-corrected chi connectivity index (χ3v) is 6.99. The Morgan fingerprint density at radius 2 is 2.00 bits per heavy atom. The first-order chi connectivity index (χ1) is 15.7. The highest BCUT2D eigenvalue weighted by Crippen LogP contribution is 2.43. The molecule has 0 saturated carbocycles. The second kappa shape index (κ2) is 7.41. The molecule has 1 aliphatic heterocycles. The van der Waals surface area contributed by atoms with Gasteiger partial charge in [-0.1, -0.05) is 0 Å². The summed E-state index contributed by atoms with van der Waals surface area (Å²) in [5.41, 5.74) is 2.31. The predicted octanol–water partition coefficient (Wildman–Crippen LogP) is 3.62. The van der Waals surface area contributed by atoms with E-state index in [-0.39, 0.29) is 29.2 Å². The molecule has 170 valence electrons. The van der Waals surface area contributed by atoms with Gasteiger partial charge in [-0.25, -0.2) is 22.2 Å². The van der Waals surface area contributed by atoms with Crippen molar-refractivity contribution in [1.29, 1.82) is 0 Å². The maximum atomic E-state index is 14.8. The van der Waals surface area contributed by atoms with E-state index in [0.717, 1.165) is 17.7 Å². The highest BCUT2D eigenvalue weighted by atomic mass is 32.2. The molecule has 0 radical (unpaired) electrons. The fraction of sp³-hybridized carbons (Fsp3) is 0.182. The second-order valence-electron chi connectivity index (χ2n) is 7.81. The first kappa shape index (κ1) is 21.1. The van der Waals surface area contributed by atoms with Gasteiger partial charge in [0, 0.05) is 42.0 Å². The van der Waals surface area contributed by atoms with Gasteiger partial charge in [-0.3, -0.25) is 9.52 Å². The maximum Gasteiger partial charge on any atom is 0.274 e. The zero-order chi connectivity index (χ0) is 23.5. The minimum absolute atomic E-state index is 0.0981. The monoisotopic (exact) mass is 471 g/mol. The van der Waals surface area contributed by atoms with E-state index in [4.69, 9.17) is 0 Å². The van der Waals surface area contributed by atoms with Crippen LogP contribution in [0.3, 0.4) is 0 Å². The molecule has 1 aromatic carbocycles. The molecule has 0 fully saturated rings. The Bertz CT molecular complexity index is 1590. The van der Waals surface area contributed by atoms with E-state index in [2.05, 4.69) is 14.7 Å². The maximum absolute atomic E-state index is 14.8. The third kappa shape index (κ3) is 3.44. The van der Waals surface area contributed by atoms with Crippen molar-refractivity contribution in [2.24, 2.45) is 7.05 Å². The molecule has 4 heterocycles. The molecule has 2 N–H and O–H groups in total. The number of aromatic amines is 1. The summed E-state index contributed by atoms with van der Waals surface area (Å²) in [6, 6.07) is 4.87. The molecule has 0 unspecified atom stereocenters. The van der Waals surface area contributed by atoms with Crippen LogP contribution in [0.2, 0.25) is 0 Å². The van der Waals surface area contributed by atoms with Crippen LogP contribution in [0.1, 0.15) is 12.5 Å². The number of aryl methyl sites for hydroxylation is 1. The summed E-state index contributed by atoms with van der Waals surface area (Å²) in [5, 5.41) is 0.640. The summed E-state index contributed by atoms with van der Waals surface area (Å²) in [4.78, 5) is 21.7. The molecule has 33 heavy (non-hydrogen) atoms. The molecule has 1 aliphatic rings. The van der Waals surface area contributed by atoms with E-state index in [1.54, 1.807) is 30.4 Å². The number of anilines is 3. The number of aromatic nitrogens is 3. The summed E-state index contributed by atoms with van der Waals surface area (Å²) in [5.74, 6) is -1.26. The quantitative estimate of drug-likeness (QED) is 0.474. The molecular formula is C22H19F2N5O3S. The zero-order valence-corrected chi connectivity index (χ0v) is 18.5. The molecule has 4 aromatic rings. The number of benzene rings is 1. The van der Waals surface area contributed by atoms with Crippen molar-refractivity contribution in [1.82, 2.24) is 14.5 Å². The smallest absolute Gasteiger partial charge is 0.274 e. The summed E-state index contributed by atoms with van der Waals surface area (Å²) in [6.45, 7) is 1.67. The first-order valence-electron chi connectivity index (χ1n) is 10.1. The standard InChI is InChI=1S/C22H19F2N5O3S/c1-3-33(31,32)27-14-7-15-16-11-28(2)22(30)20-19(16)12(8-25-20)10-29(21(15)26-9-14)18-5-4-13(23)6-17(18)24/h4-9,11,25,27H,3,10H2,1-2H3. The lowest BCUT2D eigenvalue weighted by molar-refractivity contribution is 0.582. The predicted molar refractivity (Wildman–Crippen MR) is 122 cm³/mol. The van der Waals surface area contributed by atoms with Gasteiger partial charge in [0.1, 0.15) is 23.0 Å². The molecule has 0 amide bonds. The lowest BCUT2D eigenvalue weighted by Crippen LogP contribution is -2.19. The molecule has 8 nitrogen and oxygen atoms in total. The molecule has 0 spiro atoms. The second-order valence-corrected chi connectivity index (χ2v) is 9.82. The Kier molecular flexibility index (Phi) is 4.74. The molecule has 5 rings (SSSR count). The molecule has 0 atom stereocenters. The van der Waals surface area contributed by atoms with E-state index in [1.807, 2.05) is 0 Å². The van der Waals surface area contributed by atoms with Crippen LogP contribution in [-0.2, 0) is 23.6 Å². The lowest BCUT2D eigenvalue weighted by atomic mass is 10.0. The van der Waals surface area contributed by atoms with Crippen LogP contribution in [0.5, 0.6) is 0 Å². The van der Waals surface area contributed by atoms with E-state index >= 15 is 0 Å². The number of hydrogen-bond donors (Lipinski definition) is 2. The van der Waals surface area contributed by atoms with Gasteiger partial charge >= 0.3 is 0 Å². The van der Waals surface area contributed by atoms with Crippen LogP contribution < -0.4 is 15.2 Å². The Morgan fingerprint density at radius 3 is 2.73 bits per heavy atom. The van der Waals surface area contributed by atoms with Gasteiger partial charge in [-0.15, -0.1) is 0 Å². The van der Waals surface area contributed by atoms with E-state index in [9.17, 15) is 22.0 Å². The Balaban J connectivity index is 1.82. The molecule has 0 bridgehead atoms. The minimum atomic E-state index is -3.57. The van der Waals surface area contributed by atoms with Crippen LogP contribution in [-0.4, -0.2) is 28.7 Å². The number of nitrogens with one attached hydrogen (secondary N) is 2. The van der Waals surface area contributed by atoms with E-state index < -0.39 is 21.7 Å². The van der Waals surface area contributed by atoms with E-state index in [1.165, 1.54) is 23.8 Å². The van der Waals surface area contributed by atoms with Crippen molar-refractivity contribution in [3.8, 4) is 11.1 Å². The van der Waals surface area contributed by atoms with Gasteiger partial charge < -0.3 is 14.5 Å². The van der Waals surface area contributed by atoms with Crippen molar-refractivity contribution in [3.63, 3.8) is 0 Å². The Hall–Kier alpha value is -3.73. The normalized spacial score (nSPS) is 13.2. The average Bonchev–Trinajstić information content (AvgIpc) is 3.13. The van der Waals surface area contributed by atoms with Crippen molar-refractivity contribution in [2.75, 3.05) is 15.4 Å².